The number of nitrogens with two attached hydrogens (primary N) is 1. The molecular weight excluding hydrogens is 268 g/mol. The molecule has 1 aromatic carbocycles. The third kappa shape index (κ3) is 3.56. The molecule has 1 amide bonds. The largest absolute Gasteiger partial charge is 0.409 e. The molecule has 1 atom stereocenters. The topological polar surface area (TPSA) is 101 Å². The summed E-state index contributed by atoms with van der Waals surface area (Å²) in [5, 5.41) is 14.6. The van der Waals surface area contributed by atoms with E-state index in [1.54, 1.807) is 37.4 Å². The monoisotopic (exact) mass is 284 g/mol. The molecule has 2 aromatic rings. The van der Waals surface area contributed by atoms with Gasteiger partial charge < -0.3 is 16.3 Å². The van der Waals surface area contributed by atoms with Crippen molar-refractivity contribution < 1.29 is 10.0 Å². The van der Waals surface area contributed by atoms with Crippen LogP contribution in [0, 0.1) is 6.92 Å². The second kappa shape index (κ2) is 6.51. The second-order valence-corrected chi connectivity index (χ2v) is 4.53. The summed E-state index contributed by atoms with van der Waals surface area (Å²) in [4.78, 5) is 16.3. The zero-order valence-electron chi connectivity index (χ0n) is 11.5. The van der Waals surface area contributed by atoms with Crippen molar-refractivity contribution in [3.63, 3.8) is 0 Å². The molecule has 2 rings (SSSR count). The molecule has 21 heavy (non-hydrogen) atoms. The highest BCUT2D eigenvalue weighted by molar-refractivity contribution is 5.98. The number of benzene rings is 1. The Labute approximate surface area is 122 Å². The number of aromatic nitrogens is 1. The minimum Gasteiger partial charge on any atom is -0.409 e. The van der Waals surface area contributed by atoms with Crippen LogP contribution in [0.3, 0.4) is 0 Å². The molecule has 0 fully saturated rings. The number of carbonyl (C=O) groups excluding carboxylic acids is 1. The van der Waals surface area contributed by atoms with Gasteiger partial charge in [-0.2, -0.15) is 0 Å². The number of amidine groups is 1. The lowest BCUT2D eigenvalue weighted by atomic mass is 10.1. The molecule has 4 N–H and O–H groups in total. The Kier molecular flexibility index (Phi) is 4.50. The summed E-state index contributed by atoms with van der Waals surface area (Å²) < 4.78 is 0. The molecule has 0 saturated heterocycles. The Hall–Kier alpha value is -2.89. The van der Waals surface area contributed by atoms with E-state index in [0.29, 0.717) is 5.56 Å². The molecule has 1 heterocycles. The molecule has 1 aromatic heterocycles. The smallest absolute Gasteiger partial charge is 0.252 e. The Morgan fingerprint density at radius 2 is 2.05 bits per heavy atom. The third-order valence-corrected chi connectivity index (χ3v) is 2.98. The van der Waals surface area contributed by atoms with Crippen molar-refractivity contribution in [2.45, 2.75) is 13.0 Å². The van der Waals surface area contributed by atoms with Crippen LogP contribution in [0.25, 0.3) is 0 Å². The third-order valence-electron chi connectivity index (χ3n) is 2.98. The van der Waals surface area contributed by atoms with Crippen molar-refractivity contribution in [1.82, 2.24) is 10.3 Å². The van der Waals surface area contributed by atoms with Crippen LogP contribution < -0.4 is 11.1 Å². The average molecular weight is 284 g/mol. The maximum absolute atomic E-state index is 12.3. The molecule has 0 aliphatic heterocycles. The van der Waals surface area contributed by atoms with Crippen LogP contribution in [0.5, 0.6) is 0 Å². The fourth-order valence-corrected chi connectivity index (χ4v) is 1.93. The summed E-state index contributed by atoms with van der Waals surface area (Å²) in [6.45, 7) is 1.80. The summed E-state index contributed by atoms with van der Waals surface area (Å²) in [6.07, 6.45) is 1.56. The van der Waals surface area contributed by atoms with Crippen molar-refractivity contribution >= 4 is 11.7 Å². The number of amides is 1. The summed E-state index contributed by atoms with van der Waals surface area (Å²) >= 11 is 0. The first-order chi connectivity index (χ1) is 10.1. The molecule has 0 radical (unpaired) electrons. The van der Waals surface area contributed by atoms with Gasteiger partial charge in [-0.25, -0.2) is 0 Å². The van der Waals surface area contributed by atoms with Gasteiger partial charge in [0.1, 0.15) is 6.04 Å². The lowest BCUT2D eigenvalue weighted by Crippen LogP contribution is -2.37. The van der Waals surface area contributed by atoms with Gasteiger partial charge in [0.25, 0.3) is 5.91 Å². The van der Waals surface area contributed by atoms with Gasteiger partial charge in [-0.05, 0) is 24.6 Å². The number of rotatable bonds is 4. The Balaban J connectivity index is 2.26. The quantitative estimate of drug-likeness (QED) is 0.343. The van der Waals surface area contributed by atoms with Gasteiger partial charge in [0, 0.05) is 17.5 Å². The van der Waals surface area contributed by atoms with Gasteiger partial charge >= 0.3 is 0 Å². The number of hydrogen-bond acceptors (Lipinski definition) is 4. The van der Waals surface area contributed by atoms with Gasteiger partial charge in [0.15, 0.2) is 5.84 Å². The molecule has 0 aliphatic carbocycles. The summed E-state index contributed by atoms with van der Waals surface area (Å²) in [5.74, 6) is -0.402. The van der Waals surface area contributed by atoms with Crippen molar-refractivity contribution in [1.29, 1.82) is 0 Å². The molecule has 0 bridgehead atoms. The summed E-state index contributed by atoms with van der Waals surface area (Å²) in [5.41, 5.74) is 7.61. The Bertz CT molecular complexity index is 656. The SMILES string of the molecule is Cc1cc(C(=O)NC(/C(N)=N/O)c2ccccc2)ccn1. The van der Waals surface area contributed by atoms with Crippen molar-refractivity contribution in [2.24, 2.45) is 10.9 Å². The molecule has 6 heteroatoms. The minimum atomic E-state index is -0.697. The van der Waals surface area contributed by atoms with Crippen LogP contribution in [0.15, 0.2) is 53.8 Å². The number of carbonyl (C=O) groups is 1. The highest BCUT2D eigenvalue weighted by atomic mass is 16.4. The number of nitrogens with one attached hydrogen (secondary N) is 1. The van der Waals surface area contributed by atoms with E-state index < -0.39 is 6.04 Å². The van der Waals surface area contributed by atoms with E-state index in [-0.39, 0.29) is 11.7 Å². The van der Waals surface area contributed by atoms with Gasteiger partial charge in [-0.3, -0.25) is 9.78 Å². The molecule has 6 nitrogen and oxygen atoms in total. The van der Waals surface area contributed by atoms with Crippen LogP contribution >= 0.6 is 0 Å². The molecule has 108 valence electrons. The van der Waals surface area contributed by atoms with Crippen LogP contribution in [0.4, 0.5) is 0 Å². The molecule has 0 aliphatic rings. The lowest BCUT2D eigenvalue weighted by Gasteiger charge is -2.18. The van der Waals surface area contributed by atoms with Crippen molar-refractivity contribution in [3.05, 3.63) is 65.5 Å². The van der Waals surface area contributed by atoms with Crippen molar-refractivity contribution in [3.8, 4) is 0 Å². The van der Waals surface area contributed by atoms with E-state index in [1.165, 1.54) is 0 Å². The zero-order valence-corrected chi connectivity index (χ0v) is 11.5. The Morgan fingerprint density at radius 3 is 2.67 bits per heavy atom. The molecule has 0 spiro atoms. The van der Waals surface area contributed by atoms with Crippen LogP contribution in [0.1, 0.15) is 27.7 Å². The summed E-state index contributed by atoms with van der Waals surface area (Å²) in [6, 6.07) is 11.6. The van der Waals surface area contributed by atoms with E-state index in [9.17, 15) is 4.79 Å². The van der Waals surface area contributed by atoms with Gasteiger partial charge in [0.05, 0.1) is 0 Å². The number of nitrogens with zero attached hydrogens (tertiary/aromatic N) is 2. The fourth-order valence-electron chi connectivity index (χ4n) is 1.93. The first-order valence-electron chi connectivity index (χ1n) is 6.37. The lowest BCUT2D eigenvalue weighted by molar-refractivity contribution is 0.0946. The number of oxime groups is 1. The maximum atomic E-state index is 12.3. The van der Waals surface area contributed by atoms with Gasteiger partial charge in [0.2, 0.25) is 0 Å². The zero-order chi connectivity index (χ0) is 15.2. The predicted molar refractivity (Wildman–Crippen MR) is 79.0 cm³/mol. The van der Waals surface area contributed by atoms with E-state index in [0.717, 1.165) is 11.3 Å². The average Bonchev–Trinajstić information content (AvgIpc) is 2.52. The first kappa shape index (κ1) is 14.5. The molecular formula is C15H16N4O2. The first-order valence-corrected chi connectivity index (χ1v) is 6.37. The predicted octanol–water partition coefficient (Wildman–Crippen LogP) is 1.61. The fraction of sp³-hybridized carbons (Fsp3) is 0.133. The normalized spacial score (nSPS) is 12.7. The summed E-state index contributed by atoms with van der Waals surface area (Å²) in [7, 11) is 0. The van der Waals surface area contributed by atoms with E-state index in [4.69, 9.17) is 10.9 Å². The number of aryl methyl sites for hydroxylation is 1. The minimum absolute atomic E-state index is 0.0830. The van der Waals surface area contributed by atoms with Crippen LogP contribution in [-0.4, -0.2) is 21.9 Å². The molecule has 1 unspecified atom stereocenters. The standard InChI is InChI=1S/C15H16N4O2/c1-10-9-12(7-8-17-10)15(20)18-13(14(16)19-21)11-5-3-2-4-6-11/h2-9,13,21H,1H3,(H2,16,19)(H,18,20). The van der Waals surface area contributed by atoms with Gasteiger partial charge in [-0.15, -0.1) is 0 Å². The van der Waals surface area contributed by atoms with Gasteiger partial charge in [-0.1, -0.05) is 35.5 Å². The van der Waals surface area contributed by atoms with Crippen LogP contribution in [0.2, 0.25) is 0 Å². The van der Waals surface area contributed by atoms with Crippen LogP contribution in [-0.2, 0) is 0 Å². The van der Waals surface area contributed by atoms with E-state index in [2.05, 4.69) is 15.5 Å². The highest BCUT2D eigenvalue weighted by Crippen LogP contribution is 2.14. The van der Waals surface area contributed by atoms with Crippen molar-refractivity contribution in [2.75, 3.05) is 0 Å². The molecule has 0 saturated carbocycles. The second-order valence-electron chi connectivity index (χ2n) is 4.53. The maximum Gasteiger partial charge on any atom is 0.252 e. The van der Waals surface area contributed by atoms with E-state index >= 15 is 0 Å². The van der Waals surface area contributed by atoms with E-state index in [1.807, 2.05) is 18.2 Å². The number of pyridine rings is 1. The highest BCUT2D eigenvalue weighted by Gasteiger charge is 2.19. The number of hydrogen-bond donors (Lipinski definition) is 3. The Morgan fingerprint density at radius 1 is 1.33 bits per heavy atom.